The molecule has 0 aliphatic heterocycles. The van der Waals surface area contributed by atoms with Gasteiger partial charge in [0.1, 0.15) is 6.04 Å². The molecule has 2 atom stereocenters. The molecule has 0 aliphatic carbocycles. The first-order chi connectivity index (χ1) is 9.60. The van der Waals surface area contributed by atoms with Crippen molar-refractivity contribution in [2.24, 2.45) is 5.92 Å². The van der Waals surface area contributed by atoms with E-state index >= 15 is 0 Å². The van der Waals surface area contributed by atoms with Crippen LogP contribution >= 0.6 is 0 Å². The lowest BCUT2D eigenvalue weighted by Crippen LogP contribution is -2.50. The molecule has 1 aromatic rings. The van der Waals surface area contributed by atoms with Crippen LogP contribution in [-0.4, -0.2) is 24.4 Å². The number of hydrogen-bond acceptors (Lipinski definition) is 2. The van der Waals surface area contributed by atoms with Gasteiger partial charge in [-0.25, -0.2) is 0 Å². The van der Waals surface area contributed by atoms with E-state index in [9.17, 15) is 9.59 Å². The maximum Gasteiger partial charge on any atom is 0.251 e. The Morgan fingerprint density at radius 2 is 1.95 bits per heavy atom. The second-order valence-corrected chi connectivity index (χ2v) is 4.74. The van der Waals surface area contributed by atoms with Crippen molar-refractivity contribution in [3.05, 3.63) is 48.6 Å². The number of amides is 2. The molecule has 0 radical (unpaired) electrons. The number of carbonyl (C=O) groups excluding carboxylic acids is 2. The van der Waals surface area contributed by atoms with Crippen LogP contribution < -0.4 is 10.6 Å². The largest absolute Gasteiger partial charge is 0.351 e. The fraction of sp³-hybridized carbons (Fsp3) is 0.375. The number of carbonyl (C=O) groups is 2. The second-order valence-electron chi connectivity index (χ2n) is 4.74. The highest BCUT2D eigenvalue weighted by molar-refractivity contribution is 5.97. The van der Waals surface area contributed by atoms with Crippen LogP contribution in [0.4, 0.5) is 0 Å². The Balaban J connectivity index is 2.77. The predicted octanol–water partition coefficient (Wildman–Crippen LogP) is 2.13. The molecular formula is C16H22N2O2. The fourth-order valence-electron chi connectivity index (χ4n) is 1.80. The molecule has 0 fully saturated rings. The quantitative estimate of drug-likeness (QED) is 0.748. The van der Waals surface area contributed by atoms with Gasteiger partial charge in [0.15, 0.2) is 0 Å². The molecule has 108 valence electrons. The molecule has 1 aromatic carbocycles. The van der Waals surface area contributed by atoms with E-state index in [1.165, 1.54) is 0 Å². The minimum absolute atomic E-state index is 0.0625. The molecule has 0 unspecified atom stereocenters. The van der Waals surface area contributed by atoms with E-state index in [2.05, 4.69) is 17.2 Å². The minimum Gasteiger partial charge on any atom is -0.351 e. The van der Waals surface area contributed by atoms with Crippen molar-refractivity contribution in [3.8, 4) is 0 Å². The first kappa shape index (κ1) is 16.0. The zero-order chi connectivity index (χ0) is 15.0. The summed E-state index contributed by atoms with van der Waals surface area (Å²) in [5.41, 5.74) is 0.553. The summed E-state index contributed by atoms with van der Waals surface area (Å²) < 4.78 is 0. The monoisotopic (exact) mass is 274 g/mol. The first-order valence-electron chi connectivity index (χ1n) is 6.84. The maximum absolute atomic E-state index is 12.1. The average molecular weight is 274 g/mol. The van der Waals surface area contributed by atoms with E-state index in [1.54, 1.807) is 30.3 Å². The lowest BCUT2D eigenvalue weighted by molar-refractivity contribution is -0.123. The van der Waals surface area contributed by atoms with Gasteiger partial charge in [0.2, 0.25) is 5.91 Å². The van der Waals surface area contributed by atoms with Crippen LogP contribution in [0.3, 0.4) is 0 Å². The SMILES string of the molecule is C=CCNC(=O)[C@@H](NC(=O)c1ccccc1)[C@@H](C)CC. The standard InChI is InChI=1S/C16H22N2O2/c1-4-11-17-16(20)14(12(3)5-2)18-15(19)13-9-7-6-8-10-13/h4,6-10,12,14H,1,5,11H2,2-3H3,(H,17,20)(H,18,19)/t12-,14-/m0/s1. The molecule has 0 saturated carbocycles. The summed E-state index contributed by atoms with van der Waals surface area (Å²) in [7, 11) is 0. The van der Waals surface area contributed by atoms with Gasteiger partial charge in [-0.15, -0.1) is 6.58 Å². The molecule has 0 aliphatic rings. The van der Waals surface area contributed by atoms with Crippen molar-refractivity contribution < 1.29 is 9.59 Å². The number of nitrogens with one attached hydrogen (secondary N) is 2. The molecule has 0 aromatic heterocycles. The van der Waals surface area contributed by atoms with Gasteiger partial charge in [0, 0.05) is 12.1 Å². The Bertz CT molecular complexity index is 457. The van der Waals surface area contributed by atoms with E-state index in [-0.39, 0.29) is 17.7 Å². The van der Waals surface area contributed by atoms with Gasteiger partial charge in [-0.05, 0) is 18.1 Å². The maximum atomic E-state index is 12.1. The Kier molecular flexibility index (Phi) is 6.50. The Morgan fingerprint density at radius 1 is 1.30 bits per heavy atom. The van der Waals surface area contributed by atoms with Gasteiger partial charge >= 0.3 is 0 Å². The predicted molar refractivity (Wildman–Crippen MR) is 80.4 cm³/mol. The number of benzene rings is 1. The molecular weight excluding hydrogens is 252 g/mol. The Morgan fingerprint density at radius 3 is 2.50 bits per heavy atom. The summed E-state index contributed by atoms with van der Waals surface area (Å²) in [5.74, 6) is -0.347. The van der Waals surface area contributed by atoms with Crippen LogP contribution in [0, 0.1) is 5.92 Å². The third-order valence-electron chi connectivity index (χ3n) is 3.24. The van der Waals surface area contributed by atoms with Crippen molar-refractivity contribution in [2.75, 3.05) is 6.54 Å². The highest BCUT2D eigenvalue weighted by Crippen LogP contribution is 2.09. The third-order valence-corrected chi connectivity index (χ3v) is 3.24. The van der Waals surface area contributed by atoms with Gasteiger partial charge in [-0.2, -0.15) is 0 Å². The average Bonchev–Trinajstić information content (AvgIpc) is 2.50. The summed E-state index contributed by atoms with van der Waals surface area (Å²) in [4.78, 5) is 24.2. The van der Waals surface area contributed by atoms with Gasteiger partial charge in [-0.3, -0.25) is 9.59 Å². The van der Waals surface area contributed by atoms with Crippen molar-refractivity contribution in [2.45, 2.75) is 26.3 Å². The van der Waals surface area contributed by atoms with Crippen LogP contribution in [0.15, 0.2) is 43.0 Å². The smallest absolute Gasteiger partial charge is 0.251 e. The molecule has 2 N–H and O–H groups in total. The van der Waals surface area contributed by atoms with Gasteiger partial charge < -0.3 is 10.6 Å². The van der Waals surface area contributed by atoms with Crippen molar-refractivity contribution >= 4 is 11.8 Å². The zero-order valence-corrected chi connectivity index (χ0v) is 12.1. The lowest BCUT2D eigenvalue weighted by atomic mass is 9.98. The van der Waals surface area contributed by atoms with E-state index in [1.807, 2.05) is 19.9 Å². The summed E-state index contributed by atoms with van der Waals surface area (Å²) in [6.07, 6.45) is 2.42. The van der Waals surface area contributed by atoms with Crippen molar-refractivity contribution in [3.63, 3.8) is 0 Å². The summed E-state index contributed by atoms with van der Waals surface area (Å²) in [6, 6.07) is 8.36. The summed E-state index contributed by atoms with van der Waals surface area (Å²) >= 11 is 0. The van der Waals surface area contributed by atoms with Crippen LogP contribution in [0.5, 0.6) is 0 Å². The molecule has 4 heteroatoms. The van der Waals surface area contributed by atoms with Gasteiger partial charge in [0.25, 0.3) is 5.91 Å². The fourth-order valence-corrected chi connectivity index (χ4v) is 1.80. The Labute approximate surface area is 120 Å². The van der Waals surface area contributed by atoms with E-state index in [0.717, 1.165) is 6.42 Å². The number of hydrogen-bond donors (Lipinski definition) is 2. The van der Waals surface area contributed by atoms with E-state index in [4.69, 9.17) is 0 Å². The topological polar surface area (TPSA) is 58.2 Å². The van der Waals surface area contributed by atoms with Crippen LogP contribution in [-0.2, 0) is 4.79 Å². The molecule has 4 nitrogen and oxygen atoms in total. The van der Waals surface area contributed by atoms with Crippen molar-refractivity contribution in [1.82, 2.24) is 10.6 Å². The normalized spacial score (nSPS) is 13.1. The first-order valence-corrected chi connectivity index (χ1v) is 6.84. The third kappa shape index (κ3) is 4.53. The molecule has 2 amide bonds. The summed E-state index contributed by atoms with van der Waals surface area (Å²) in [5, 5.41) is 5.54. The molecule has 0 spiro atoms. The van der Waals surface area contributed by atoms with Gasteiger partial charge in [-0.1, -0.05) is 44.5 Å². The molecule has 20 heavy (non-hydrogen) atoms. The van der Waals surface area contributed by atoms with E-state index < -0.39 is 6.04 Å². The Hall–Kier alpha value is -2.10. The van der Waals surface area contributed by atoms with Crippen LogP contribution in [0.1, 0.15) is 30.6 Å². The minimum atomic E-state index is -0.535. The van der Waals surface area contributed by atoms with E-state index in [0.29, 0.717) is 12.1 Å². The molecule has 1 rings (SSSR count). The molecule has 0 saturated heterocycles. The van der Waals surface area contributed by atoms with Crippen LogP contribution in [0.25, 0.3) is 0 Å². The molecule has 0 heterocycles. The lowest BCUT2D eigenvalue weighted by Gasteiger charge is -2.23. The van der Waals surface area contributed by atoms with Gasteiger partial charge in [0.05, 0.1) is 0 Å². The highest BCUT2D eigenvalue weighted by Gasteiger charge is 2.25. The van der Waals surface area contributed by atoms with Crippen LogP contribution in [0.2, 0.25) is 0 Å². The zero-order valence-electron chi connectivity index (χ0n) is 12.1. The van der Waals surface area contributed by atoms with Crippen molar-refractivity contribution in [1.29, 1.82) is 0 Å². The number of rotatable bonds is 7. The summed E-state index contributed by atoms with van der Waals surface area (Å²) in [6.45, 7) is 7.90. The second kappa shape index (κ2) is 8.15. The highest BCUT2D eigenvalue weighted by atomic mass is 16.2. The molecule has 0 bridgehead atoms.